The molecule has 3 unspecified atom stereocenters. The first-order valence-electron chi connectivity index (χ1n) is 13.0. The number of hydrogen-bond donors (Lipinski definition) is 3. The van der Waals surface area contributed by atoms with Crippen molar-refractivity contribution in [2.75, 3.05) is 19.0 Å². The van der Waals surface area contributed by atoms with E-state index in [0.717, 1.165) is 5.56 Å². The number of carbonyl (C=O) groups excluding carboxylic acids is 1. The Morgan fingerprint density at radius 1 is 1.05 bits per heavy atom. The van der Waals surface area contributed by atoms with Gasteiger partial charge in [0.2, 0.25) is 5.91 Å². The SMILES string of the molecule is COc1ccc(COC2(c3ccc(Cl)cc3F)CCC(O)(COc3ccc(F)c4c3CCC(=O)N4)C(O)C2)cc1. The van der Waals surface area contributed by atoms with Crippen LogP contribution in [0.4, 0.5) is 14.5 Å². The zero-order valence-corrected chi connectivity index (χ0v) is 22.6. The summed E-state index contributed by atoms with van der Waals surface area (Å²) in [5.41, 5.74) is -1.32. The third kappa shape index (κ3) is 5.65. The molecular formula is C30H30ClF2NO6. The standard InChI is InChI=1S/C30H30ClF2NO6/c1-38-20-5-2-18(3-6-20)16-40-30(22-8-4-19(31)14-24(22)33)13-12-29(37,26(35)15-30)17-39-25-10-9-23(32)28-21(25)7-11-27(36)34-28/h2-6,8-10,14,26,35,37H,7,11-13,15-17H2,1H3,(H,34,36). The summed E-state index contributed by atoms with van der Waals surface area (Å²) in [5, 5.41) is 25.4. The number of anilines is 1. The van der Waals surface area contributed by atoms with E-state index in [0.29, 0.717) is 17.1 Å². The highest BCUT2D eigenvalue weighted by Gasteiger charge is 2.51. The molecule has 40 heavy (non-hydrogen) atoms. The van der Waals surface area contributed by atoms with E-state index in [1.54, 1.807) is 31.4 Å². The van der Waals surface area contributed by atoms with Gasteiger partial charge in [-0.3, -0.25) is 4.79 Å². The summed E-state index contributed by atoms with van der Waals surface area (Å²) in [4.78, 5) is 11.7. The lowest BCUT2D eigenvalue weighted by Crippen LogP contribution is -2.56. The molecule has 3 aromatic carbocycles. The number of carbonyl (C=O) groups is 1. The van der Waals surface area contributed by atoms with Crippen LogP contribution in [-0.2, 0) is 28.2 Å². The van der Waals surface area contributed by atoms with Crippen molar-refractivity contribution in [2.24, 2.45) is 0 Å². The molecule has 0 aromatic heterocycles. The molecule has 1 saturated carbocycles. The van der Waals surface area contributed by atoms with E-state index in [2.05, 4.69) is 5.32 Å². The van der Waals surface area contributed by atoms with Gasteiger partial charge in [-0.1, -0.05) is 29.8 Å². The maximum absolute atomic E-state index is 15.2. The lowest BCUT2D eigenvalue weighted by molar-refractivity contribution is -0.192. The maximum atomic E-state index is 15.2. The minimum atomic E-state index is -1.69. The number of rotatable bonds is 8. The van der Waals surface area contributed by atoms with Crippen LogP contribution in [0.15, 0.2) is 54.6 Å². The Balaban J connectivity index is 1.36. The summed E-state index contributed by atoms with van der Waals surface area (Å²) in [6, 6.07) is 14.2. The molecule has 0 spiro atoms. The van der Waals surface area contributed by atoms with Crippen LogP contribution in [0, 0.1) is 11.6 Å². The number of nitrogens with one attached hydrogen (secondary N) is 1. The number of aliphatic hydroxyl groups excluding tert-OH is 1. The Labute approximate surface area is 235 Å². The first-order valence-corrected chi connectivity index (χ1v) is 13.4. The van der Waals surface area contributed by atoms with Crippen LogP contribution < -0.4 is 14.8 Å². The van der Waals surface area contributed by atoms with Crippen molar-refractivity contribution in [3.63, 3.8) is 0 Å². The van der Waals surface area contributed by atoms with E-state index in [1.165, 1.54) is 18.2 Å². The average molecular weight is 574 g/mol. The number of benzene rings is 3. The Hall–Kier alpha value is -3.24. The fraction of sp³-hybridized carbons (Fsp3) is 0.367. The van der Waals surface area contributed by atoms with Crippen LogP contribution in [0.1, 0.15) is 42.4 Å². The van der Waals surface area contributed by atoms with Crippen LogP contribution >= 0.6 is 11.6 Å². The van der Waals surface area contributed by atoms with Crippen molar-refractivity contribution in [3.05, 3.63) is 87.9 Å². The Bertz CT molecular complexity index is 1400. The van der Waals surface area contributed by atoms with E-state index < -0.39 is 28.9 Å². The Kier molecular flexibility index (Phi) is 8.01. The molecule has 5 rings (SSSR count). The molecule has 0 saturated heterocycles. The molecule has 1 aliphatic carbocycles. The highest BCUT2D eigenvalue weighted by atomic mass is 35.5. The average Bonchev–Trinajstić information content (AvgIpc) is 2.94. The normalized spacial score (nSPS) is 24.2. The van der Waals surface area contributed by atoms with Crippen LogP contribution in [0.25, 0.3) is 0 Å². The van der Waals surface area contributed by atoms with Gasteiger partial charge >= 0.3 is 0 Å². The fourth-order valence-electron chi connectivity index (χ4n) is 5.38. The first-order chi connectivity index (χ1) is 19.1. The van der Waals surface area contributed by atoms with Gasteiger partial charge in [-0.05, 0) is 61.2 Å². The molecule has 0 radical (unpaired) electrons. The van der Waals surface area contributed by atoms with Crippen molar-refractivity contribution in [2.45, 2.75) is 56.0 Å². The molecule has 1 aliphatic heterocycles. The molecule has 1 fully saturated rings. The highest BCUT2D eigenvalue weighted by molar-refractivity contribution is 6.30. The van der Waals surface area contributed by atoms with Gasteiger partial charge in [-0.25, -0.2) is 8.78 Å². The molecule has 3 N–H and O–H groups in total. The van der Waals surface area contributed by atoms with Crippen molar-refractivity contribution < 1.29 is 38.0 Å². The van der Waals surface area contributed by atoms with Crippen molar-refractivity contribution in [1.29, 1.82) is 0 Å². The second kappa shape index (κ2) is 11.3. The zero-order valence-electron chi connectivity index (χ0n) is 21.9. The summed E-state index contributed by atoms with van der Waals surface area (Å²) in [6.07, 6.45) is -0.787. The maximum Gasteiger partial charge on any atom is 0.224 e. The number of halogens is 3. The summed E-state index contributed by atoms with van der Waals surface area (Å²) in [7, 11) is 1.57. The number of hydrogen-bond acceptors (Lipinski definition) is 6. The Morgan fingerprint density at radius 2 is 1.82 bits per heavy atom. The van der Waals surface area contributed by atoms with Crippen molar-refractivity contribution >= 4 is 23.2 Å². The lowest BCUT2D eigenvalue weighted by Gasteiger charge is -2.47. The number of aliphatic hydroxyl groups is 2. The molecular weight excluding hydrogens is 544 g/mol. The fourth-order valence-corrected chi connectivity index (χ4v) is 5.53. The molecule has 1 heterocycles. The third-order valence-corrected chi connectivity index (χ3v) is 8.00. The van der Waals surface area contributed by atoms with Gasteiger partial charge in [0, 0.05) is 29.0 Å². The zero-order chi connectivity index (χ0) is 28.5. The predicted molar refractivity (Wildman–Crippen MR) is 145 cm³/mol. The van der Waals surface area contributed by atoms with Crippen molar-refractivity contribution in [3.8, 4) is 11.5 Å². The first kappa shape index (κ1) is 28.3. The number of ether oxygens (including phenoxy) is 3. The van der Waals surface area contributed by atoms with Gasteiger partial charge < -0.3 is 29.7 Å². The molecule has 0 bridgehead atoms. The topological polar surface area (TPSA) is 97.3 Å². The lowest BCUT2D eigenvalue weighted by atomic mass is 9.71. The summed E-state index contributed by atoms with van der Waals surface area (Å²) < 4.78 is 46.9. The Morgan fingerprint density at radius 3 is 2.52 bits per heavy atom. The van der Waals surface area contributed by atoms with Crippen molar-refractivity contribution in [1.82, 2.24) is 0 Å². The van der Waals surface area contributed by atoms with Gasteiger partial charge in [0.1, 0.15) is 35.3 Å². The van der Waals surface area contributed by atoms with E-state index in [-0.39, 0.29) is 67.5 Å². The predicted octanol–water partition coefficient (Wildman–Crippen LogP) is 5.28. The second-order valence-corrected chi connectivity index (χ2v) is 10.8. The number of fused-ring (bicyclic) bond motifs is 1. The molecule has 2 aliphatic rings. The molecule has 7 nitrogen and oxygen atoms in total. The quantitative estimate of drug-likeness (QED) is 0.339. The monoisotopic (exact) mass is 573 g/mol. The van der Waals surface area contributed by atoms with Crippen LogP contribution in [0.5, 0.6) is 11.5 Å². The largest absolute Gasteiger partial charge is 0.497 e. The summed E-state index contributed by atoms with van der Waals surface area (Å²) >= 11 is 6.00. The van der Waals surface area contributed by atoms with E-state index in [1.807, 2.05) is 12.1 Å². The summed E-state index contributed by atoms with van der Waals surface area (Å²) in [5.74, 6) is -0.435. The van der Waals surface area contributed by atoms with Gasteiger partial charge in [-0.15, -0.1) is 0 Å². The minimum absolute atomic E-state index is 0.0268. The smallest absolute Gasteiger partial charge is 0.224 e. The summed E-state index contributed by atoms with van der Waals surface area (Å²) in [6.45, 7) is -0.168. The highest BCUT2D eigenvalue weighted by Crippen LogP contribution is 2.46. The van der Waals surface area contributed by atoms with Gasteiger partial charge in [0.15, 0.2) is 0 Å². The molecule has 3 atom stereocenters. The molecule has 3 aromatic rings. The van der Waals surface area contributed by atoms with Gasteiger partial charge in [-0.2, -0.15) is 0 Å². The molecule has 212 valence electrons. The van der Waals surface area contributed by atoms with Crippen LogP contribution in [0.3, 0.4) is 0 Å². The minimum Gasteiger partial charge on any atom is -0.497 e. The van der Waals surface area contributed by atoms with E-state index >= 15 is 4.39 Å². The molecule has 1 amide bonds. The third-order valence-electron chi connectivity index (χ3n) is 7.76. The van der Waals surface area contributed by atoms with E-state index in [4.69, 9.17) is 25.8 Å². The van der Waals surface area contributed by atoms with Gasteiger partial charge in [0.05, 0.1) is 31.1 Å². The second-order valence-electron chi connectivity index (χ2n) is 10.3. The van der Waals surface area contributed by atoms with E-state index in [9.17, 15) is 19.4 Å². The molecule has 10 heteroatoms. The van der Waals surface area contributed by atoms with Gasteiger partial charge in [0.25, 0.3) is 0 Å². The van der Waals surface area contributed by atoms with Crippen LogP contribution in [-0.4, -0.2) is 41.5 Å². The number of methoxy groups -OCH3 is 1. The number of amides is 1. The van der Waals surface area contributed by atoms with Crippen LogP contribution in [0.2, 0.25) is 5.02 Å².